The van der Waals surface area contributed by atoms with Crippen LogP contribution in [0.2, 0.25) is 5.02 Å². The molecule has 0 saturated carbocycles. The lowest BCUT2D eigenvalue weighted by Crippen LogP contribution is -2.48. The van der Waals surface area contributed by atoms with Gasteiger partial charge in [0.1, 0.15) is 0 Å². The van der Waals surface area contributed by atoms with Gasteiger partial charge in [0.15, 0.2) is 11.5 Å². The summed E-state index contributed by atoms with van der Waals surface area (Å²) in [5.41, 5.74) is -1.76. The van der Waals surface area contributed by atoms with Gasteiger partial charge in [-0.05, 0) is 12.1 Å². The third-order valence-corrected chi connectivity index (χ3v) is 3.93. The van der Waals surface area contributed by atoms with Crippen LogP contribution in [0.15, 0.2) is 24.5 Å². The largest absolute Gasteiger partial charge is 0.434 e. The molecule has 0 aliphatic carbocycles. The average Bonchev–Trinajstić information content (AvgIpc) is 2.90. The second-order valence-corrected chi connectivity index (χ2v) is 5.77. The van der Waals surface area contributed by atoms with Gasteiger partial charge < -0.3 is 10.6 Å². The molecular formula is C14H13ClF3N5O. The van der Waals surface area contributed by atoms with Crippen LogP contribution in [0, 0.1) is 5.92 Å². The quantitative estimate of drug-likeness (QED) is 0.874. The molecule has 0 radical (unpaired) electrons. The Labute approximate surface area is 140 Å². The highest BCUT2D eigenvalue weighted by molar-refractivity contribution is 6.32. The number of carbonyl (C=O) groups is 1. The summed E-state index contributed by atoms with van der Waals surface area (Å²) in [5.74, 6) is -0.787. The van der Waals surface area contributed by atoms with Crippen molar-refractivity contribution in [2.45, 2.75) is 6.18 Å². The summed E-state index contributed by atoms with van der Waals surface area (Å²) in [5, 5.41) is 9.20. The van der Waals surface area contributed by atoms with Gasteiger partial charge >= 0.3 is 6.18 Å². The highest BCUT2D eigenvalue weighted by Crippen LogP contribution is 2.34. The van der Waals surface area contributed by atoms with E-state index < -0.39 is 23.3 Å². The molecule has 2 N–H and O–H groups in total. The fraction of sp³-hybridized carbons (Fsp3) is 0.357. The fourth-order valence-electron chi connectivity index (χ4n) is 2.31. The molecule has 0 spiro atoms. The lowest BCUT2D eigenvalue weighted by Gasteiger charge is -2.27. The number of rotatable bonds is 4. The first-order chi connectivity index (χ1) is 11.4. The van der Waals surface area contributed by atoms with E-state index in [4.69, 9.17) is 11.6 Å². The van der Waals surface area contributed by atoms with Gasteiger partial charge in [0.05, 0.1) is 16.8 Å². The van der Waals surface area contributed by atoms with Gasteiger partial charge in [-0.25, -0.2) is 9.67 Å². The topological polar surface area (TPSA) is 71.8 Å². The number of aromatic nitrogens is 3. The Hall–Kier alpha value is -2.13. The van der Waals surface area contributed by atoms with Crippen molar-refractivity contribution in [1.82, 2.24) is 25.4 Å². The highest BCUT2D eigenvalue weighted by Gasteiger charge is 2.41. The first kappa shape index (κ1) is 16.7. The van der Waals surface area contributed by atoms with Crippen molar-refractivity contribution in [3.8, 4) is 5.82 Å². The van der Waals surface area contributed by atoms with Gasteiger partial charge in [-0.2, -0.15) is 18.3 Å². The number of hydrogen-bond acceptors (Lipinski definition) is 4. The first-order valence-electron chi connectivity index (χ1n) is 7.13. The highest BCUT2D eigenvalue weighted by atomic mass is 35.5. The molecule has 1 aliphatic rings. The summed E-state index contributed by atoms with van der Waals surface area (Å²) in [6.45, 7) is 1.77. The van der Waals surface area contributed by atoms with E-state index >= 15 is 0 Å². The molecular weight excluding hydrogens is 347 g/mol. The van der Waals surface area contributed by atoms with E-state index in [-0.39, 0.29) is 16.8 Å². The van der Waals surface area contributed by atoms with E-state index in [1.807, 2.05) is 0 Å². The van der Waals surface area contributed by atoms with Gasteiger partial charge in [0.25, 0.3) is 5.91 Å². The maximum absolute atomic E-state index is 13.5. The Bertz CT molecular complexity index is 757. The van der Waals surface area contributed by atoms with Crippen molar-refractivity contribution >= 4 is 17.5 Å². The molecule has 0 aromatic carbocycles. The molecule has 0 unspecified atom stereocenters. The maximum Gasteiger partial charge on any atom is 0.434 e. The van der Waals surface area contributed by atoms with Crippen molar-refractivity contribution in [3.63, 3.8) is 0 Å². The van der Waals surface area contributed by atoms with E-state index in [1.165, 1.54) is 18.3 Å². The molecule has 6 nitrogen and oxygen atoms in total. The van der Waals surface area contributed by atoms with Crippen molar-refractivity contribution in [3.05, 3.63) is 40.8 Å². The van der Waals surface area contributed by atoms with Crippen LogP contribution >= 0.6 is 11.6 Å². The number of nitrogens with one attached hydrogen (secondary N) is 2. The van der Waals surface area contributed by atoms with Gasteiger partial charge in [0.2, 0.25) is 0 Å². The minimum Gasteiger partial charge on any atom is -0.352 e. The fourth-order valence-corrected chi connectivity index (χ4v) is 2.51. The lowest BCUT2D eigenvalue weighted by atomic mass is 10.0. The molecule has 0 atom stereocenters. The van der Waals surface area contributed by atoms with Gasteiger partial charge in [0, 0.05) is 31.7 Å². The molecule has 2 aromatic rings. The summed E-state index contributed by atoms with van der Waals surface area (Å²) in [4.78, 5) is 16.0. The molecule has 1 saturated heterocycles. The van der Waals surface area contributed by atoms with Crippen LogP contribution < -0.4 is 10.6 Å². The molecule has 10 heteroatoms. The normalized spacial score (nSPS) is 15.2. The van der Waals surface area contributed by atoms with Crippen molar-refractivity contribution < 1.29 is 18.0 Å². The number of hydrogen-bond donors (Lipinski definition) is 2. The van der Waals surface area contributed by atoms with E-state index in [0.29, 0.717) is 11.2 Å². The average molecular weight is 360 g/mol. The standard InChI is InChI=1S/C14H13ClF3N5O/c15-10-2-1-3-20-12(10)23-11(14(16,17)18)9(7-22-23)13(24)21-6-8-4-19-5-8/h1-3,7-8,19H,4-6H2,(H,21,24). The number of halogens is 4. The number of alkyl halides is 3. The zero-order valence-corrected chi connectivity index (χ0v) is 13.0. The second kappa shape index (κ2) is 6.40. The Morgan fingerprint density at radius 2 is 2.21 bits per heavy atom. The Kier molecular flexibility index (Phi) is 4.46. The van der Waals surface area contributed by atoms with Crippen LogP contribution in [-0.2, 0) is 6.18 Å². The van der Waals surface area contributed by atoms with E-state index in [2.05, 4.69) is 20.7 Å². The van der Waals surface area contributed by atoms with Crippen LogP contribution in [0.5, 0.6) is 0 Å². The van der Waals surface area contributed by atoms with Crippen molar-refractivity contribution in [1.29, 1.82) is 0 Å². The van der Waals surface area contributed by atoms with Crippen LogP contribution in [0.25, 0.3) is 5.82 Å². The zero-order chi connectivity index (χ0) is 17.3. The first-order valence-corrected chi connectivity index (χ1v) is 7.50. The predicted molar refractivity (Wildman–Crippen MR) is 80.1 cm³/mol. The minimum absolute atomic E-state index is 0.00130. The van der Waals surface area contributed by atoms with Gasteiger partial charge in [-0.3, -0.25) is 4.79 Å². The molecule has 24 heavy (non-hydrogen) atoms. The van der Waals surface area contributed by atoms with Gasteiger partial charge in [-0.1, -0.05) is 11.6 Å². The predicted octanol–water partition coefficient (Wildman–Crippen LogP) is 1.89. The third-order valence-electron chi connectivity index (χ3n) is 3.64. The maximum atomic E-state index is 13.5. The lowest BCUT2D eigenvalue weighted by molar-refractivity contribution is -0.143. The molecule has 128 valence electrons. The van der Waals surface area contributed by atoms with Crippen LogP contribution in [0.3, 0.4) is 0 Å². The minimum atomic E-state index is -4.79. The molecule has 3 rings (SSSR count). The van der Waals surface area contributed by atoms with E-state index in [0.717, 1.165) is 19.3 Å². The summed E-state index contributed by atoms with van der Waals surface area (Å²) in [6, 6.07) is 2.89. The summed E-state index contributed by atoms with van der Waals surface area (Å²) < 4.78 is 41.0. The SMILES string of the molecule is O=C(NCC1CNC1)c1cnn(-c2ncccc2Cl)c1C(F)(F)F. The zero-order valence-electron chi connectivity index (χ0n) is 12.3. The van der Waals surface area contributed by atoms with Crippen LogP contribution in [-0.4, -0.2) is 40.3 Å². The Morgan fingerprint density at radius 3 is 2.79 bits per heavy atom. The molecule has 3 heterocycles. The van der Waals surface area contributed by atoms with Crippen LogP contribution in [0.4, 0.5) is 13.2 Å². The van der Waals surface area contributed by atoms with E-state index in [9.17, 15) is 18.0 Å². The molecule has 0 bridgehead atoms. The summed E-state index contributed by atoms with van der Waals surface area (Å²) >= 11 is 5.90. The number of pyridine rings is 1. The molecule has 1 amide bonds. The smallest absolute Gasteiger partial charge is 0.352 e. The number of nitrogens with zero attached hydrogens (tertiary/aromatic N) is 3. The Balaban J connectivity index is 1.95. The monoisotopic (exact) mass is 359 g/mol. The summed E-state index contributed by atoms with van der Waals surface area (Å²) in [6.07, 6.45) is -2.61. The van der Waals surface area contributed by atoms with Crippen molar-refractivity contribution in [2.75, 3.05) is 19.6 Å². The second-order valence-electron chi connectivity index (χ2n) is 5.36. The molecule has 1 fully saturated rings. The number of amides is 1. The van der Waals surface area contributed by atoms with Crippen LogP contribution in [0.1, 0.15) is 16.1 Å². The van der Waals surface area contributed by atoms with Gasteiger partial charge in [-0.15, -0.1) is 0 Å². The number of carbonyl (C=O) groups excluding carboxylic acids is 1. The third kappa shape index (κ3) is 3.22. The van der Waals surface area contributed by atoms with E-state index in [1.54, 1.807) is 0 Å². The van der Waals surface area contributed by atoms with Crippen molar-refractivity contribution in [2.24, 2.45) is 5.92 Å². The summed E-state index contributed by atoms with van der Waals surface area (Å²) in [7, 11) is 0. The molecule has 2 aromatic heterocycles. The Morgan fingerprint density at radius 1 is 1.46 bits per heavy atom. The molecule has 1 aliphatic heterocycles.